The first-order valence-electron chi connectivity index (χ1n) is 0.710. The highest BCUT2D eigenvalue weighted by Crippen LogP contribution is 2.09. The normalized spacial score (nSPS) is 7.50. The molecule has 3 heteroatoms. The quantitative estimate of drug-likeness (QED) is 0.532. The first kappa shape index (κ1) is 5.12. The van der Waals surface area contributed by atoms with E-state index in [1.54, 1.807) is 0 Å². The summed E-state index contributed by atoms with van der Waals surface area (Å²) in [6.07, 6.45) is 0. The summed E-state index contributed by atoms with van der Waals surface area (Å²) in [5, 5.41) is 0.625. The van der Waals surface area contributed by atoms with Crippen molar-refractivity contribution in [3.63, 3.8) is 0 Å². The largest absolute Gasteiger partial charge is 0.114 e. The smallest absolute Gasteiger partial charge is 0.0789 e. The second-order valence-corrected chi connectivity index (χ2v) is 2.68. The van der Waals surface area contributed by atoms with E-state index >= 15 is 0 Å². The van der Waals surface area contributed by atoms with Gasteiger partial charge in [-0.05, 0) is 14.8 Å². The average Bonchev–Trinajstić information content (AvgIpc) is 1.37. The van der Waals surface area contributed by atoms with Gasteiger partial charge in [0.05, 0.1) is 5.21 Å². The van der Waals surface area contributed by atoms with Crippen LogP contribution in [0.2, 0.25) is 0 Å². The Hall–Kier alpha value is 1.12. The summed E-state index contributed by atoms with van der Waals surface area (Å²) in [6.45, 7) is 0. The van der Waals surface area contributed by atoms with Gasteiger partial charge in [0.25, 0.3) is 0 Å². The third-order valence-electron chi connectivity index (χ3n) is 0.0412. The van der Waals surface area contributed by atoms with Crippen LogP contribution >= 0.6 is 36.6 Å². The standard InChI is InChI=1S/CH2BrClS/c2-4-1-3/h1H2. The Morgan fingerprint density at radius 3 is 2.25 bits per heavy atom. The molecule has 0 heterocycles. The minimum absolute atomic E-state index is 0.625. The van der Waals surface area contributed by atoms with Crippen LogP contribution in [0.4, 0.5) is 0 Å². The molecule has 0 aromatic carbocycles. The summed E-state index contributed by atoms with van der Waals surface area (Å²) in [7, 11) is 1.43. The molecular formula is CH2BrClS. The Kier molecular flexibility index (Phi) is 5.27. The highest BCUT2D eigenvalue weighted by Gasteiger charge is 1.61. The first-order chi connectivity index (χ1) is 1.91. The van der Waals surface area contributed by atoms with Gasteiger partial charge in [-0.15, -0.1) is 11.6 Å². The van der Waals surface area contributed by atoms with Crippen LogP contribution in [0.5, 0.6) is 0 Å². The Morgan fingerprint density at radius 2 is 2.25 bits per heavy atom. The van der Waals surface area contributed by atoms with Crippen molar-refractivity contribution in [1.82, 2.24) is 0 Å². The topological polar surface area (TPSA) is 0 Å². The predicted molar refractivity (Wildman–Crippen MR) is 27.2 cm³/mol. The number of alkyl halides is 1. The zero-order chi connectivity index (χ0) is 3.41. The number of rotatable bonds is 1. The van der Waals surface area contributed by atoms with E-state index in [2.05, 4.69) is 14.8 Å². The molecule has 0 amide bonds. The molecule has 0 radical (unpaired) electrons. The molecule has 0 bridgehead atoms. The maximum absolute atomic E-state index is 5.10. The van der Waals surface area contributed by atoms with Gasteiger partial charge in [-0.3, -0.25) is 0 Å². The summed E-state index contributed by atoms with van der Waals surface area (Å²) in [6, 6.07) is 0. The summed E-state index contributed by atoms with van der Waals surface area (Å²) >= 11 is 8.14. The molecular weight excluding hydrogens is 159 g/mol. The van der Waals surface area contributed by atoms with Crippen molar-refractivity contribution in [2.75, 3.05) is 5.21 Å². The van der Waals surface area contributed by atoms with Crippen LogP contribution in [-0.2, 0) is 0 Å². The fourth-order valence-corrected chi connectivity index (χ4v) is 0. The van der Waals surface area contributed by atoms with E-state index in [0.29, 0.717) is 5.21 Å². The van der Waals surface area contributed by atoms with Crippen molar-refractivity contribution in [2.24, 2.45) is 0 Å². The predicted octanol–water partition coefficient (Wildman–Crippen LogP) is 2.23. The van der Waals surface area contributed by atoms with Gasteiger partial charge in [0.1, 0.15) is 0 Å². The molecule has 0 aliphatic heterocycles. The molecule has 4 heavy (non-hydrogen) atoms. The third kappa shape index (κ3) is 3.12. The highest BCUT2D eigenvalue weighted by atomic mass is 79.9. The van der Waals surface area contributed by atoms with Crippen molar-refractivity contribution in [3.05, 3.63) is 0 Å². The molecule has 0 saturated heterocycles. The zero-order valence-electron chi connectivity index (χ0n) is 1.87. The maximum Gasteiger partial charge on any atom is 0.0789 e. The molecule has 0 aliphatic carbocycles. The molecule has 0 spiro atoms. The van der Waals surface area contributed by atoms with Gasteiger partial charge < -0.3 is 0 Å². The lowest BCUT2D eigenvalue weighted by atomic mass is 11.9. The van der Waals surface area contributed by atoms with Crippen molar-refractivity contribution in [2.45, 2.75) is 0 Å². The van der Waals surface area contributed by atoms with E-state index in [0.717, 1.165) is 0 Å². The third-order valence-corrected chi connectivity index (χ3v) is 1.93. The van der Waals surface area contributed by atoms with Crippen LogP contribution in [-0.4, -0.2) is 5.21 Å². The van der Waals surface area contributed by atoms with E-state index in [-0.39, 0.29) is 0 Å². The first-order valence-corrected chi connectivity index (χ1v) is 4.07. The van der Waals surface area contributed by atoms with E-state index in [1.165, 1.54) is 10.2 Å². The fraction of sp³-hybridized carbons (Fsp3) is 1.00. The fourth-order valence-electron chi connectivity index (χ4n) is 0. The Morgan fingerprint density at radius 1 is 2.00 bits per heavy atom. The van der Waals surface area contributed by atoms with E-state index < -0.39 is 0 Å². The van der Waals surface area contributed by atoms with Crippen LogP contribution in [0.1, 0.15) is 0 Å². The summed E-state index contributed by atoms with van der Waals surface area (Å²) < 4.78 is 0. The molecule has 0 aromatic rings. The lowest BCUT2D eigenvalue weighted by molar-refractivity contribution is 2.28. The van der Waals surface area contributed by atoms with Gasteiger partial charge in [0.15, 0.2) is 0 Å². The summed E-state index contributed by atoms with van der Waals surface area (Å²) in [4.78, 5) is 0. The molecule has 0 aliphatic rings. The number of halogens is 2. The molecule has 0 unspecified atom stereocenters. The molecule has 0 N–H and O–H groups in total. The van der Waals surface area contributed by atoms with Crippen molar-refractivity contribution >= 4 is 36.6 Å². The molecule has 0 saturated carbocycles. The molecule has 26 valence electrons. The van der Waals surface area contributed by atoms with Gasteiger partial charge in [-0.25, -0.2) is 0 Å². The van der Waals surface area contributed by atoms with Crippen LogP contribution in [0.3, 0.4) is 0 Å². The van der Waals surface area contributed by atoms with E-state index in [9.17, 15) is 0 Å². The second kappa shape index (κ2) is 4.12. The van der Waals surface area contributed by atoms with Gasteiger partial charge in [-0.2, -0.15) is 0 Å². The van der Waals surface area contributed by atoms with Gasteiger partial charge >= 0.3 is 0 Å². The SMILES string of the molecule is ClCSBr. The number of hydrogen-bond donors (Lipinski definition) is 0. The van der Waals surface area contributed by atoms with E-state index in [4.69, 9.17) is 11.6 Å². The summed E-state index contributed by atoms with van der Waals surface area (Å²) in [5.74, 6) is 0. The highest BCUT2D eigenvalue weighted by molar-refractivity contribution is 9.50. The second-order valence-electron chi connectivity index (χ2n) is 0.218. The minimum atomic E-state index is 0.625. The summed E-state index contributed by atoms with van der Waals surface area (Å²) in [5.41, 5.74) is 0. The van der Waals surface area contributed by atoms with Gasteiger partial charge in [0.2, 0.25) is 0 Å². The van der Waals surface area contributed by atoms with Gasteiger partial charge in [-0.1, -0.05) is 10.2 Å². The maximum atomic E-state index is 5.10. The van der Waals surface area contributed by atoms with E-state index in [1.807, 2.05) is 0 Å². The van der Waals surface area contributed by atoms with Gasteiger partial charge in [0, 0.05) is 0 Å². The van der Waals surface area contributed by atoms with Crippen molar-refractivity contribution in [3.8, 4) is 0 Å². The monoisotopic (exact) mass is 160 g/mol. The van der Waals surface area contributed by atoms with Crippen molar-refractivity contribution < 1.29 is 0 Å². The average molecular weight is 161 g/mol. The molecule has 0 nitrogen and oxygen atoms in total. The minimum Gasteiger partial charge on any atom is -0.114 e. The number of hydrogen-bond acceptors (Lipinski definition) is 1. The Bertz CT molecular complexity index is 10.0. The molecule has 0 atom stereocenters. The zero-order valence-corrected chi connectivity index (χ0v) is 5.03. The van der Waals surface area contributed by atoms with Crippen molar-refractivity contribution in [1.29, 1.82) is 0 Å². The lowest BCUT2D eigenvalue weighted by Crippen LogP contribution is -1.34. The Balaban J connectivity index is 1.97. The van der Waals surface area contributed by atoms with Crippen LogP contribution < -0.4 is 0 Å². The lowest BCUT2D eigenvalue weighted by Gasteiger charge is -1.63. The van der Waals surface area contributed by atoms with Crippen LogP contribution in [0.25, 0.3) is 0 Å². The molecule has 0 rings (SSSR count). The molecule has 0 aromatic heterocycles. The van der Waals surface area contributed by atoms with Crippen LogP contribution in [0, 0.1) is 0 Å². The van der Waals surface area contributed by atoms with Crippen LogP contribution in [0.15, 0.2) is 0 Å². The molecule has 0 fully saturated rings. The Labute approximate surface area is 42.1 Å².